The number of nitro groups is 1. The average molecular weight is 369 g/mol. The molecule has 0 aromatic heterocycles. The standard InChI is InChI=1S/C16H23N3O5S/c1-12-6-9-17(11-15(12)20)14-5-4-13(19(21)22)10-16(14)25(23,24)18-7-2-3-8-18/h4-5,10,12,15,20H,2-3,6-9,11H2,1H3. The number of hydrogen-bond donors (Lipinski definition) is 1. The largest absolute Gasteiger partial charge is 0.391 e. The fourth-order valence-electron chi connectivity index (χ4n) is 3.42. The fourth-order valence-corrected chi connectivity index (χ4v) is 5.17. The molecule has 2 heterocycles. The maximum absolute atomic E-state index is 13.0. The van der Waals surface area contributed by atoms with Crippen LogP contribution >= 0.6 is 0 Å². The van der Waals surface area contributed by atoms with Gasteiger partial charge in [-0.15, -0.1) is 0 Å². The second-order valence-corrected chi connectivity index (χ2v) is 8.71. The number of aliphatic hydroxyl groups excluding tert-OH is 1. The molecular formula is C16H23N3O5S. The van der Waals surface area contributed by atoms with Gasteiger partial charge in [0, 0.05) is 38.3 Å². The van der Waals surface area contributed by atoms with E-state index in [0.717, 1.165) is 25.3 Å². The fraction of sp³-hybridized carbons (Fsp3) is 0.625. The Balaban J connectivity index is 2.04. The molecule has 0 spiro atoms. The number of nitrogens with zero attached hydrogens (tertiary/aromatic N) is 3. The normalized spacial score (nSPS) is 25.3. The van der Waals surface area contributed by atoms with Crippen LogP contribution in [-0.2, 0) is 10.0 Å². The molecule has 2 fully saturated rings. The third-order valence-electron chi connectivity index (χ3n) is 5.10. The minimum absolute atomic E-state index is 0.0367. The minimum Gasteiger partial charge on any atom is -0.391 e. The number of anilines is 1. The summed E-state index contributed by atoms with van der Waals surface area (Å²) in [5, 5.41) is 21.3. The first-order chi connectivity index (χ1) is 11.8. The lowest BCUT2D eigenvalue weighted by atomic mass is 9.95. The Morgan fingerprint density at radius 2 is 1.92 bits per heavy atom. The molecule has 0 bridgehead atoms. The number of non-ortho nitro benzene ring substituents is 1. The van der Waals surface area contributed by atoms with Gasteiger partial charge in [0.25, 0.3) is 5.69 Å². The average Bonchev–Trinajstić information content (AvgIpc) is 3.12. The molecule has 0 radical (unpaired) electrons. The monoisotopic (exact) mass is 369 g/mol. The number of aliphatic hydroxyl groups is 1. The maximum Gasteiger partial charge on any atom is 0.270 e. The van der Waals surface area contributed by atoms with Gasteiger partial charge in [0.05, 0.1) is 16.7 Å². The SMILES string of the molecule is CC1CCN(c2ccc([N+](=O)[O-])cc2S(=O)(=O)N2CCCC2)CC1O. The zero-order valence-corrected chi connectivity index (χ0v) is 15.0. The van der Waals surface area contributed by atoms with Crippen LogP contribution in [0.15, 0.2) is 23.1 Å². The van der Waals surface area contributed by atoms with E-state index in [4.69, 9.17) is 0 Å². The van der Waals surface area contributed by atoms with Crippen LogP contribution in [-0.4, -0.2) is 55.0 Å². The summed E-state index contributed by atoms with van der Waals surface area (Å²) in [6, 6.07) is 3.96. The minimum atomic E-state index is -3.80. The molecule has 138 valence electrons. The van der Waals surface area contributed by atoms with Crippen LogP contribution in [0.25, 0.3) is 0 Å². The summed E-state index contributed by atoms with van der Waals surface area (Å²) in [6.07, 6.45) is 1.78. The van der Waals surface area contributed by atoms with Crippen LogP contribution in [0.2, 0.25) is 0 Å². The van der Waals surface area contributed by atoms with Gasteiger partial charge >= 0.3 is 0 Å². The van der Waals surface area contributed by atoms with Crippen molar-refractivity contribution in [3.8, 4) is 0 Å². The summed E-state index contributed by atoms with van der Waals surface area (Å²) >= 11 is 0. The Hall–Kier alpha value is -1.71. The molecule has 1 aromatic rings. The van der Waals surface area contributed by atoms with E-state index in [1.165, 1.54) is 16.4 Å². The third kappa shape index (κ3) is 3.49. The molecule has 9 heteroatoms. The molecule has 1 aromatic carbocycles. The lowest BCUT2D eigenvalue weighted by Gasteiger charge is -2.36. The summed E-state index contributed by atoms with van der Waals surface area (Å²) in [5.74, 6) is 0.146. The second-order valence-electron chi connectivity index (χ2n) is 6.80. The number of benzene rings is 1. The van der Waals surface area contributed by atoms with Crippen LogP contribution in [0, 0.1) is 16.0 Å². The molecule has 2 atom stereocenters. The molecule has 2 aliphatic heterocycles. The molecule has 2 aliphatic rings. The first kappa shape index (κ1) is 18.1. The molecule has 2 saturated heterocycles. The van der Waals surface area contributed by atoms with Gasteiger partial charge in [0.2, 0.25) is 10.0 Å². The van der Waals surface area contributed by atoms with Crippen LogP contribution in [0.1, 0.15) is 26.2 Å². The van der Waals surface area contributed by atoms with Gasteiger partial charge < -0.3 is 10.0 Å². The quantitative estimate of drug-likeness (QED) is 0.638. The molecule has 8 nitrogen and oxygen atoms in total. The Morgan fingerprint density at radius 3 is 2.52 bits per heavy atom. The Morgan fingerprint density at radius 1 is 1.24 bits per heavy atom. The predicted molar refractivity (Wildman–Crippen MR) is 93.1 cm³/mol. The zero-order chi connectivity index (χ0) is 18.2. The van der Waals surface area contributed by atoms with E-state index in [0.29, 0.717) is 31.9 Å². The van der Waals surface area contributed by atoms with Gasteiger partial charge in [-0.2, -0.15) is 4.31 Å². The summed E-state index contributed by atoms with van der Waals surface area (Å²) in [4.78, 5) is 12.3. The molecular weight excluding hydrogens is 346 g/mol. The Kier molecular flexibility index (Phi) is 4.99. The first-order valence-corrected chi connectivity index (χ1v) is 9.96. The van der Waals surface area contributed by atoms with Crippen molar-refractivity contribution in [3.05, 3.63) is 28.3 Å². The van der Waals surface area contributed by atoms with Crippen LogP contribution in [0.4, 0.5) is 11.4 Å². The van der Waals surface area contributed by atoms with Crippen molar-refractivity contribution in [2.75, 3.05) is 31.1 Å². The molecule has 0 amide bonds. The van der Waals surface area contributed by atoms with Gasteiger partial charge in [-0.05, 0) is 31.2 Å². The number of rotatable bonds is 4. The van der Waals surface area contributed by atoms with Gasteiger partial charge in [0.15, 0.2) is 0 Å². The smallest absolute Gasteiger partial charge is 0.270 e. The highest BCUT2D eigenvalue weighted by molar-refractivity contribution is 7.89. The van der Waals surface area contributed by atoms with E-state index in [9.17, 15) is 23.6 Å². The Bertz CT molecular complexity index is 761. The van der Waals surface area contributed by atoms with Gasteiger partial charge in [-0.25, -0.2) is 8.42 Å². The van der Waals surface area contributed by atoms with E-state index in [1.807, 2.05) is 11.8 Å². The van der Waals surface area contributed by atoms with Gasteiger partial charge in [0.1, 0.15) is 4.90 Å². The second kappa shape index (κ2) is 6.89. The summed E-state index contributed by atoms with van der Waals surface area (Å²) in [5.41, 5.74) is 0.191. The Labute approximate surface area is 147 Å². The van der Waals surface area contributed by atoms with Crippen molar-refractivity contribution in [2.24, 2.45) is 5.92 Å². The number of β-amino-alcohol motifs (C(OH)–C–C–N with tert-alkyl or cyclic N) is 1. The zero-order valence-electron chi connectivity index (χ0n) is 14.2. The third-order valence-corrected chi connectivity index (χ3v) is 7.02. The number of nitro benzene ring substituents is 1. The van der Waals surface area contributed by atoms with E-state index in [-0.39, 0.29) is 16.5 Å². The lowest BCUT2D eigenvalue weighted by molar-refractivity contribution is -0.385. The van der Waals surface area contributed by atoms with Crippen LogP contribution < -0.4 is 4.90 Å². The van der Waals surface area contributed by atoms with Gasteiger partial charge in [-0.1, -0.05) is 6.92 Å². The van der Waals surface area contributed by atoms with Crippen LogP contribution in [0.3, 0.4) is 0 Å². The van der Waals surface area contributed by atoms with E-state index in [2.05, 4.69) is 0 Å². The van der Waals surface area contributed by atoms with E-state index in [1.54, 1.807) is 0 Å². The number of sulfonamides is 1. The molecule has 25 heavy (non-hydrogen) atoms. The molecule has 0 saturated carbocycles. The molecule has 1 N–H and O–H groups in total. The highest BCUT2D eigenvalue weighted by Crippen LogP contribution is 2.35. The van der Waals surface area contributed by atoms with E-state index >= 15 is 0 Å². The maximum atomic E-state index is 13.0. The summed E-state index contributed by atoms with van der Waals surface area (Å²) < 4.78 is 27.5. The van der Waals surface area contributed by atoms with Gasteiger partial charge in [-0.3, -0.25) is 10.1 Å². The van der Waals surface area contributed by atoms with Crippen molar-refractivity contribution in [2.45, 2.75) is 37.2 Å². The predicted octanol–water partition coefficient (Wildman–Crippen LogP) is 1.59. The molecule has 2 unspecified atom stereocenters. The van der Waals surface area contributed by atoms with E-state index < -0.39 is 21.1 Å². The first-order valence-electron chi connectivity index (χ1n) is 8.52. The molecule has 0 aliphatic carbocycles. The molecule has 3 rings (SSSR count). The lowest BCUT2D eigenvalue weighted by Crippen LogP contribution is -2.43. The van der Waals surface area contributed by atoms with Crippen molar-refractivity contribution < 1.29 is 18.4 Å². The van der Waals surface area contributed by atoms with Crippen molar-refractivity contribution >= 4 is 21.4 Å². The topological polar surface area (TPSA) is 104 Å². The van der Waals surface area contributed by atoms with Crippen molar-refractivity contribution in [1.29, 1.82) is 0 Å². The van der Waals surface area contributed by atoms with Crippen molar-refractivity contribution in [3.63, 3.8) is 0 Å². The summed E-state index contributed by atoms with van der Waals surface area (Å²) in [6.45, 7) is 3.76. The van der Waals surface area contributed by atoms with Crippen molar-refractivity contribution in [1.82, 2.24) is 4.31 Å². The highest BCUT2D eigenvalue weighted by atomic mass is 32.2. The van der Waals surface area contributed by atoms with Crippen LogP contribution in [0.5, 0.6) is 0 Å². The number of hydrogen-bond acceptors (Lipinski definition) is 6. The highest BCUT2D eigenvalue weighted by Gasteiger charge is 2.34. The number of piperidine rings is 1. The summed E-state index contributed by atoms with van der Waals surface area (Å²) in [7, 11) is -3.80.